The number of phenols is 1. The summed E-state index contributed by atoms with van der Waals surface area (Å²) in [5.74, 6) is -7.43. The number of ketones is 2. The fourth-order valence-corrected chi connectivity index (χ4v) is 8.33. The summed E-state index contributed by atoms with van der Waals surface area (Å²) in [5, 5.41) is 45.2. The van der Waals surface area contributed by atoms with Crippen LogP contribution in [0.15, 0.2) is 23.0 Å². The molecule has 0 bridgehead atoms. The third-order valence-corrected chi connectivity index (χ3v) is 11.1. The second kappa shape index (κ2) is 10.7. The molecule has 10 nitrogen and oxygen atoms in total. The number of rotatable bonds is 9. The van der Waals surface area contributed by atoms with Gasteiger partial charge in [0, 0.05) is 42.3 Å². The number of hydrogen-bond acceptors (Lipinski definition) is 9. The Morgan fingerprint density at radius 2 is 1.84 bits per heavy atom. The van der Waals surface area contributed by atoms with Gasteiger partial charge in [0.2, 0.25) is 5.78 Å². The first kappa shape index (κ1) is 30.7. The molecule has 11 heteroatoms. The molecule has 1 aromatic carbocycles. The number of nitrogens with two attached hydrogens (primary N) is 1. The molecule has 44 heavy (non-hydrogen) atoms. The largest absolute Gasteiger partial charge is 0.508 e. The SMILES string of the molecule is CCC1(CN(Cc2cc(O)c3c(c2F)C[C@H]2C[C@H]4[C@H](N(C)C)C(=O)C(C(N)=O)=C(O)[C@@]4(O)C(=O)C2=C3O)CC2CC2)CCC1. The Kier molecular flexibility index (Phi) is 7.45. The number of aromatic hydroxyl groups is 1. The summed E-state index contributed by atoms with van der Waals surface area (Å²) in [5.41, 5.74) is 1.88. The zero-order chi connectivity index (χ0) is 31.9. The molecule has 6 N–H and O–H groups in total. The molecule has 0 aliphatic heterocycles. The monoisotopic (exact) mass is 611 g/mol. The van der Waals surface area contributed by atoms with Crippen molar-refractivity contribution in [1.82, 2.24) is 9.80 Å². The van der Waals surface area contributed by atoms with Crippen LogP contribution in [0.1, 0.15) is 68.6 Å². The van der Waals surface area contributed by atoms with Crippen molar-refractivity contribution in [3.63, 3.8) is 0 Å². The van der Waals surface area contributed by atoms with E-state index < -0.39 is 63.9 Å². The van der Waals surface area contributed by atoms with Crippen LogP contribution in [0, 0.1) is 29.0 Å². The van der Waals surface area contributed by atoms with Gasteiger partial charge in [-0.3, -0.25) is 24.2 Å². The molecule has 3 saturated carbocycles. The molecule has 0 saturated heterocycles. The molecule has 5 aliphatic carbocycles. The van der Waals surface area contributed by atoms with Crippen LogP contribution >= 0.6 is 0 Å². The first-order valence-electron chi connectivity index (χ1n) is 15.6. The lowest BCUT2D eigenvalue weighted by atomic mass is 9.57. The van der Waals surface area contributed by atoms with Gasteiger partial charge in [-0.25, -0.2) is 4.39 Å². The van der Waals surface area contributed by atoms with Crippen LogP contribution < -0.4 is 5.73 Å². The molecule has 238 valence electrons. The molecule has 3 fully saturated rings. The average molecular weight is 612 g/mol. The van der Waals surface area contributed by atoms with Crippen molar-refractivity contribution in [2.24, 2.45) is 28.9 Å². The Balaban J connectivity index is 1.40. The molecule has 0 spiro atoms. The normalized spacial score (nSPS) is 29.5. The molecule has 1 amide bonds. The number of likely N-dealkylation sites (N-methyl/N-ethyl adjacent to an activating group) is 1. The predicted octanol–water partition coefficient (Wildman–Crippen LogP) is 2.90. The highest BCUT2D eigenvalue weighted by Crippen LogP contribution is 2.53. The molecular weight excluding hydrogens is 569 g/mol. The molecule has 5 aliphatic rings. The van der Waals surface area contributed by atoms with Crippen LogP contribution in [0.3, 0.4) is 0 Å². The Morgan fingerprint density at radius 1 is 1.16 bits per heavy atom. The Bertz CT molecular complexity index is 1500. The Morgan fingerprint density at radius 3 is 2.39 bits per heavy atom. The van der Waals surface area contributed by atoms with Crippen LogP contribution in [-0.4, -0.2) is 86.5 Å². The minimum absolute atomic E-state index is 0.0662. The average Bonchev–Trinajstić information content (AvgIpc) is 3.74. The number of nitrogens with zero attached hydrogens (tertiary/aromatic N) is 2. The van der Waals surface area contributed by atoms with Crippen LogP contribution in [0.4, 0.5) is 4.39 Å². The van der Waals surface area contributed by atoms with Gasteiger partial charge in [-0.05, 0) is 82.4 Å². The van der Waals surface area contributed by atoms with E-state index in [2.05, 4.69) is 11.8 Å². The van der Waals surface area contributed by atoms with Gasteiger partial charge in [-0.15, -0.1) is 0 Å². The summed E-state index contributed by atoms with van der Waals surface area (Å²) < 4.78 is 16.4. The number of amides is 1. The number of aliphatic hydroxyl groups is 3. The summed E-state index contributed by atoms with van der Waals surface area (Å²) in [6.45, 7) is 4.22. The van der Waals surface area contributed by atoms with E-state index in [1.54, 1.807) is 0 Å². The van der Waals surface area contributed by atoms with Crippen molar-refractivity contribution in [3.8, 4) is 5.75 Å². The van der Waals surface area contributed by atoms with E-state index in [1.165, 1.54) is 31.5 Å². The van der Waals surface area contributed by atoms with Crippen LogP contribution in [0.25, 0.3) is 5.76 Å². The number of hydrogen-bond donors (Lipinski definition) is 5. The van der Waals surface area contributed by atoms with Gasteiger partial charge in [-0.2, -0.15) is 0 Å². The maximum Gasteiger partial charge on any atom is 0.255 e. The lowest BCUT2D eigenvalue weighted by molar-refractivity contribution is -0.153. The van der Waals surface area contributed by atoms with E-state index in [0.717, 1.165) is 45.2 Å². The highest BCUT2D eigenvalue weighted by atomic mass is 19.1. The number of carbonyl (C=O) groups excluding carboxylic acids is 3. The summed E-state index contributed by atoms with van der Waals surface area (Å²) >= 11 is 0. The van der Waals surface area contributed by atoms with Gasteiger partial charge in [-0.1, -0.05) is 13.3 Å². The van der Waals surface area contributed by atoms with E-state index in [1.807, 2.05) is 0 Å². The first-order valence-corrected chi connectivity index (χ1v) is 15.6. The predicted molar refractivity (Wildman–Crippen MR) is 159 cm³/mol. The van der Waals surface area contributed by atoms with Gasteiger partial charge in [0.15, 0.2) is 11.4 Å². The van der Waals surface area contributed by atoms with Crippen molar-refractivity contribution in [2.75, 3.05) is 27.2 Å². The van der Waals surface area contributed by atoms with Gasteiger partial charge in [0.05, 0.1) is 11.6 Å². The number of aliphatic hydroxyl groups excluding tert-OH is 2. The van der Waals surface area contributed by atoms with Gasteiger partial charge >= 0.3 is 0 Å². The maximum atomic E-state index is 16.4. The number of primary amides is 1. The standard InChI is InChI=1S/C33H42FN3O7/c1-4-32(8-5-9-32)15-37(13-16-6-7-16)14-18-12-21(38)23-19(25(18)34)10-17-11-20-26(36(2)3)28(40)24(31(35)43)30(42)33(20,44)29(41)22(17)27(23)39/h12,16-17,20,26,38-39,42,44H,4-11,13-15H2,1-3H3,(H2,35,43)/t17-,20-,26-,33-/m0/s1. The molecule has 4 atom stereocenters. The first-order chi connectivity index (χ1) is 20.7. The molecule has 0 radical (unpaired) electrons. The zero-order valence-corrected chi connectivity index (χ0v) is 25.5. The molecule has 0 unspecified atom stereocenters. The molecule has 1 aromatic rings. The topological polar surface area (TPSA) is 165 Å². The fourth-order valence-electron chi connectivity index (χ4n) is 8.33. The van der Waals surface area contributed by atoms with Crippen molar-refractivity contribution in [2.45, 2.75) is 76.5 Å². The fraction of sp³-hybridized carbons (Fsp3) is 0.606. The second-order valence-corrected chi connectivity index (χ2v) is 14.0. The summed E-state index contributed by atoms with van der Waals surface area (Å²) in [4.78, 5) is 43.1. The summed E-state index contributed by atoms with van der Waals surface area (Å²) in [7, 11) is 3.08. The molecular formula is C33H42FN3O7. The maximum absolute atomic E-state index is 16.4. The third-order valence-electron chi connectivity index (χ3n) is 11.1. The number of benzene rings is 1. The highest BCUT2D eigenvalue weighted by molar-refractivity contribution is 6.24. The van der Waals surface area contributed by atoms with E-state index in [9.17, 15) is 34.8 Å². The number of phenolic OH excluding ortho intramolecular Hbond substituents is 1. The summed E-state index contributed by atoms with van der Waals surface area (Å²) in [6, 6.07) is 0.115. The van der Waals surface area contributed by atoms with E-state index in [-0.39, 0.29) is 40.7 Å². The third kappa shape index (κ3) is 4.58. The van der Waals surface area contributed by atoms with Gasteiger partial charge < -0.3 is 26.2 Å². The van der Waals surface area contributed by atoms with Crippen LogP contribution in [0.2, 0.25) is 0 Å². The van der Waals surface area contributed by atoms with Gasteiger partial charge in [0.1, 0.15) is 28.7 Å². The Labute approximate surface area is 256 Å². The number of carbonyl (C=O) groups is 3. The van der Waals surface area contributed by atoms with Gasteiger partial charge in [0.25, 0.3) is 5.91 Å². The van der Waals surface area contributed by atoms with E-state index in [4.69, 9.17) is 5.73 Å². The smallest absolute Gasteiger partial charge is 0.255 e. The minimum Gasteiger partial charge on any atom is -0.508 e. The molecule has 6 rings (SSSR count). The number of halogens is 1. The van der Waals surface area contributed by atoms with E-state index in [0.29, 0.717) is 18.0 Å². The number of Topliss-reactive ketones (excluding diaryl/α,β-unsaturated/α-hetero) is 2. The van der Waals surface area contributed by atoms with Crippen molar-refractivity contribution in [1.29, 1.82) is 0 Å². The number of fused-ring (bicyclic) bond motifs is 3. The molecule has 0 heterocycles. The molecule has 0 aromatic heterocycles. The lowest BCUT2D eigenvalue weighted by Crippen LogP contribution is -2.65. The quantitative estimate of drug-likeness (QED) is 0.264. The second-order valence-electron chi connectivity index (χ2n) is 14.0. The lowest BCUT2D eigenvalue weighted by Gasteiger charge is -2.50. The zero-order valence-electron chi connectivity index (χ0n) is 25.5. The van der Waals surface area contributed by atoms with Crippen LogP contribution in [0.5, 0.6) is 5.75 Å². The highest BCUT2D eigenvalue weighted by Gasteiger charge is 2.64. The van der Waals surface area contributed by atoms with Crippen molar-refractivity contribution >= 4 is 23.2 Å². The minimum atomic E-state index is -2.72. The summed E-state index contributed by atoms with van der Waals surface area (Å²) in [6.07, 6.45) is 6.71. The van der Waals surface area contributed by atoms with Crippen LogP contribution in [-0.2, 0) is 27.3 Å². The Hall–Kier alpha value is -3.28. The van der Waals surface area contributed by atoms with Crippen molar-refractivity contribution in [3.05, 3.63) is 45.5 Å². The van der Waals surface area contributed by atoms with Crippen molar-refractivity contribution < 1.29 is 39.2 Å². The van der Waals surface area contributed by atoms with E-state index >= 15 is 4.39 Å².